The van der Waals surface area contributed by atoms with E-state index >= 15 is 0 Å². The van der Waals surface area contributed by atoms with Gasteiger partial charge < -0.3 is 14.6 Å². The van der Waals surface area contributed by atoms with Crippen LogP contribution in [0.3, 0.4) is 0 Å². The number of nitrogens with one attached hydrogen (secondary N) is 1. The van der Waals surface area contributed by atoms with Crippen molar-refractivity contribution in [1.82, 2.24) is 20.0 Å². The number of hydrogen-bond acceptors (Lipinski definition) is 4. The molecule has 1 unspecified atom stereocenters. The van der Waals surface area contributed by atoms with Gasteiger partial charge in [0.25, 0.3) is 0 Å². The van der Waals surface area contributed by atoms with E-state index in [4.69, 9.17) is 4.42 Å². The van der Waals surface area contributed by atoms with Crippen molar-refractivity contribution in [2.75, 3.05) is 6.54 Å². The Hall–Kier alpha value is -2.57. The van der Waals surface area contributed by atoms with E-state index in [1.165, 1.54) is 0 Å². The van der Waals surface area contributed by atoms with Gasteiger partial charge in [0.15, 0.2) is 0 Å². The average molecular weight is 342 g/mol. The van der Waals surface area contributed by atoms with Crippen molar-refractivity contribution in [1.29, 1.82) is 0 Å². The van der Waals surface area contributed by atoms with Crippen molar-refractivity contribution < 1.29 is 14.0 Å². The van der Waals surface area contributed by atoms with E-state index in [2.05, 4.69) is 10.4 Å². The third-order valence-corrected chi connectivity index (χ3v) is 4.86. The summed E-state index contributed by atoms with van der Waals surface area (Å²) in [6.07, 6.45) is 6.57. The molecule has 1 fully saturated rings. The van der Waals surface area contributed by atoms with E-state index in [1.807, 2.05) is 21.7 Å². The van der Waals surface area contributed by atoms with Crippen LogP contribution in [0.5, 0.6) is 0 Å². The Bertz CT molecular complexity index is 748. The number of furan rings is 1. The number of carbonyl (C=O) groups is 2. The third kappa shape index (κ3) is 3.75. The van der Waals surface area contributed by atoms with Gasteiger partial charge in [0, 0.05) is 19.2 Å². The Balaban J connectivity index is 1.38. The molecule has 0 saturated heterocycles. The van der Waals surface area contributed by atoms with Crippen molar-refractivity contribution in [3.63, 3.8) is 0 Å². The van der Waals surface area contributed by atoms with Crippen LogP contribution in [0, 0.1) is 5.92 Å². The standard InChI is InChI=1S/C18H22N4O3/c23-17(19-10-16-2-1-7-25-16)9-15-12-21(18(24)8-13-3-4-13)11-14-5-6-20-22(14)15/h1-2,5-7,13,15H,3-4,8-12H2,(H,19,23). The number of rotatable bonds is 6. The fourth-order valence-corrected chi connectivity index (χ4v) is 3.31. The summed E-state index contributed by atoms with van der Waals surface area (Å²) in [7, 11) is 0. The Kier molecular flexibility index (Phi) is 4.29. The summed E-state index contributed by atoms with van der Waals surface area (Å²) >= 11 is 0. The quantitative estimate of drug-likeness (QED) is 0.869. The highest BCUT2D eigenvalue weighted by atomic mass is 16.3. The van der Waals surface area contributed by atoms with Crippen LogP contribution in [0.25, 0.3) is 0 Å². The van der Waals surface area contributed by atoms with Gasteiger partial charge in [0.2, 0.25) is 11.8 Å². The first-order chi connectivity index (χ1) is 12.2. The smallest absolute Gasteiger partial charge is 0.223 e. The fourth-order valence-electron chi connectivity index (χ4n) is 3.31. The molecule has 1 saturated carbocycles. The van der Waals surface area contributed by atoms with E-state index < -0.39 is 0 Å². The first-order valence-corrected chi connectivity index (χ1v) is 8.78. The van der Waals surface area contributed by atoms with Gasteiger partial charge in [-0.1, -0.05) is 0 Å². The summed E-state index contributed by atoms with van der Waals surface area (Å²) in [6.45, 7) is 1.49. The Morgan fingerprint density at radius 3 is 2.92 bits per heavy atom. The highest BCUT2D eigenvalue weighted by Crippen LogP contribution is 2.34. The van der Waals surface area contributed by atoms with Gasteiger partial charge in [0.1, 0.15) is 5.76 Å². The maximum atomic E-state index is 12.5. The number of carbonyl (C=O) groups excluding carboxylic acids is 2. The van der Waals surface area contributed by atoms with Crippen molar-refractivity contribution in [3.05, 3.63) is 42.1 Å². The van der Waals surface area contributed by atoms with E-state index in [9.17, 15) is 9.59 Å². The molecule has 1 atom stereocenters. The van der Waals surface area contributed by atoms with Gasteiger partial charge in [-0.05, 0) is 37.0 Å². The summed E-state index contributed by atoms with van der Waals surface area (Å²) in [5, 5.41) is 7.21. The summed E-state index contributed by atoms with van der Waals surface area (Å²) in [4.78, 5) is 26.7. The monoisotopic (exact) mass is 342 g/mol. The molecule has 3 heterocycles. The molecule has 2 aromatic rings. The molecule has 25 heavy (non-hydrogen) atoms. The predicted octanol–water partition coefficient (Wildman–Crippen LogP) is 1.87. The minimum atomic E-state index is -0.126. The minimum Gasteiger partial charge on any atom is -0.467 e. The molecule has 132 valence electrons. The number of hydrogen-bond donors (Lipinski definition) is 1. The topological polar surface area (TPSA) is 80.4 Å². The molecule has 0 aromatic carbocycles. The molecule has 7 nitrogen and oxygen atoms in total. The molecule has 1 aliphatic heterocycles. The van der Waals surface area contributed by atoms with Crippen LogP contribution < -0.4 is 5.32 Å². The van der Waals surface area contributed by atoms with Crippen LogP contribution in [-0.2, 0) is 22.7 Å². The minimum absolute atomic E-state index is 0.0701. The maximum absolute atomic E-state index is 12.5. The molecule has 0 radical (unpaired) electrons. The van der Waals surface area contributed by atoms with E-state index in [-0.39, 0.29) is 17.9 Å². The Labute approximate surface area is 146 Å². The molecular formula is C18H22N4O3. The lowest BCUT2D eigenvalue weighted by Crippen LogP contribution is -2.43. The largest absolute Gasteiger partial charge is 0.467 e. The van der Waals surface area contributed by atoms with E-state index in [1.54, 1.807) is 18.5 Å². The molecule has 2 aliphatic rings. The zero-order chi connectivity index (χ0) is 17.2. The first kappa shape index (κ1) is 15.9. The summed E-state index contributed by atoms with van der Waals surface area (Å²) in [6, 6.07) is 5.41. The fraction of sp³-hybridized carbons (Fsp3) is 0.500. The van der Waals surface area contributed by atoms with Crippen LogP contribution >= 0.6 is 0 Å². The molecule has 2 aromatic heterocycles. The number of fused-ring (bicyclic) bond motifs is 1. The molecular weight excluding hydrogens is 320 g/mol. The van der Waals surface area contributed by atoms with Crippen LogP contribution in [0.1, 0.15) is 43.2 Å². The molecule has 0 spiro atoms. The predicted molar refractivity (Wildman–Crippen MR) is 89.2 cm³/mol. The second-order valence-electron chi connectivity index (χ2n) is 6.90. The van der Waals surface area contributed by atoms with Crippen LogP contribution in [0.15, 0.2) is 35.1 Å². The summed E-state index contributed by atoms with van der Waals surface area (Å²) in [5.74, 6) is 1.41. The Morgan fingerprint density at radius 1 is 1.28 bits per heavy atom. The van der Waals surface area contributed by atoms with Crippen molar-refractivity contribution >= 4 is 11.8 Å². The molecule has 7 heteroatoms. The highest BCUT2D eigenvalue weighted by Gasteiger charge is 2.32. The van der Waals surface area contributed by atoms with Gasteiger partial charge in [-0.2, -0.15) is 5.10 Å². The second kappa shape index (κ2) is 6.74. The normalized spacial score (nSPS) is 19.5. The maximum Gasteiger partial charge on any atom is 0.223 e. The first-order valence-electron chi connectivity index (χ1n) is 8.78. The average Bonchev–Trinajstić information content (AvgIpc) is 3.09. The van der Waals surface area contributed by atoms with Crippen molar-refractivity contribution in [2.24, 2.45) is 5.92 Å². The Morgan fingerprint density at radius 2 is 2.16 bits per heavy atom. The third-order valence-electron chi connectivity index (χ3n) is 4.86. The van der Waals surface area contributed by atoms with Crippen LogP contribution in [0.2, 0.25) is 0 Å². The molecule has 2 amide bonds. The zero-order valence-corrected chi connectivity index (χ0v) is 14.1. The van der Waals surface area contributed by atoms with Gasteiger partial charge in [0.05, 0.1) is 37.5 Å². The zero-order valence-electron chi connectivity index (χ0n) is 14.1. The van der Waals surface area contributed by atoms with Gasteiger partial charge in [-0.15, -0.1) is 0 Å². The lowest BCUT2D eigenvalue weighted by atomic mass is 10.1. The van der Waals surface area contributed by atoms with Crippen LogP contribution in [0.4, 0.5) is 0 Å². The SMILES string of the molecule is O=C(CC1CN(C(=O)CC2CC2)Cc2ccnn21)NCc1ccco1. The molecule has 1 N–H and O–H groups in total. The summed E-state index contributed by atoms with van der Waals surface area (Å²) in [5.41, 5.74) is 0.985. The lowest BCUT2D eigenvalue weighted by molar-refractivity contribution is -0.134. The van der Waals surface area contributed by atoms with Gasteiger partial charge in [-0.25, -0.2) is 0 Å². The van der Waals surface area contributed by atoms with Gasteiger partial charge >= 0.3 is 0 Å². The van der Waals surface area contributed by atoms with Crippen molar-refractivity contribution in [2.45, 2.75) is 44.8 Å². The van der Waals surface area contributed by atoms with Gasteiger partial charge in [-0.3, -0.25) is 14.3 Å². The van der Waals surface area contributed by atoms with E-state index in [0.717, 1.165) is 24.3 Å². The highest BCUT2D eigenvalue weighted by molar-refractivity contribution is 5.78. The number of amides is 2. The number of nitrogens with zero attached hydrogens (tertiary/aromatic N) is 3. The number of aromatic nitrogens is 2. The molecule has 4 rings (SSSR count). The second-order valence-corrected chi connectivity index (χ2v) is 6.90. The lowest BCUT2D eigenvalue weighted by Gasteiger charge is -2.33. The summed E-state index contributed by atoms with van der Waals surface area (Å²) < 4.78 is 7.11. The van der Waals surface area contributed by atoms with E-state index in [0.29, 0.717) is 38.4 Å². The van der Waals surface area contributed by atoms with Crippen molar-refractivity contribution in [3.8, 4) is 0 Å². The molecule has 0 bridgehead atoms. The van der Waals surface area contributed by atoms with Crippen LogP contribution in [-0.4, -0.2) is 33.0 Å². The molecule has 1 aliphatic carbocycles.